The van der Waals surface area contributed by atoms with Crippen molar-refractivity contribution >= 4 is 40.0 Å². The molecule has 2 N–H and O–H groups in total. The van der Waals surface area contributed by atoms with Crippen LogP contribution in [-0.4, -0.2) is 60.5 Å². The number of carbonyl (C=O) groups excluding carboxylic acids is 1. The minimum atomic E-state index is -0.607. The van der Waals surface area contributed by atoms with Crippen molar-refractivity contribution in [3.63, 3.8) is 0 Å². The van der Waals surface area contributed by atoms with E-state index < -0.39 is 11.5 Å². The first-order valence-electron chi connectivity index (χ1n) is 13.6. The van der Waals surface area contributed by atoms with Gasteiger partial charge in [-0.15, -0.1) is 0 Å². The Labute approximate surface area is 247 Å². The molecule has 2 atom stereocenters. The average molecular weight is 591 g/mol. The Morgan fingerprint density at radius 3 is 2.50 bits per heavy atom. The SMILES string of the molecule is C=CC(=O)N1[C@H](C)CN(c2nc(=O)n(-c3c(C)ncnc3C(C)C)c3nc(-c4c(N)cccc4F)c(Cl)cc23)C[C@@H]1C. The quantitative estimate of drug-likeness (QED) is 0.263. The Morgan fingerprint density at radius 1 is 1.19 bits per heavy atom. The third-order valence-electron chi connectivity index (χ3n) is 7.54. The summed E-state index contributed by atoms with van der Waals surface area (Å²) in [4.78, 5) is 48.4. The number of piperazine rings is 1. The minimum absolute atomic E-state index is 0.0330. The number of nitrogens with zero attached hydrogens (tertiary/aromatic N) is 7. The van der Waals surface area contributed by atoms with Gasteiger partial charge < -0.3 is 15.5 Å². The lowest BCUT2D eigenvalue weighted by molar-refractivity contribution is -0.130. The summed E-state index contributed by atoms with van der Waals surface area (Å²) in [6.45, 7) is 14.0. The number of nitrogen functional groups attached to an aromatic ring is 1. The summed E-state index contributed by atoms with van der Waals surface area (Å²) in [6.07, 6.45) is 2.75. The molecule has 0 saturated carbocycles. The topological polar surface area (TPSA) is 123 Å². The third-order valence-corrected chi connectivity index (χ3v) is 7.82. The first-order valence-corrected chi connectivity index (χ1v) is 14.0. The standard InChI is InChI=1S/C30H32ClFN8O2/c1-7-23(41)39-16(4)12-38(13-17(39)5)28-19-11-20(31)26(24-21(32)9-8-10-22(24)33)36-29(19)40(30(42)37-28)27-18(6)34-14-35-25(27)15(2)3/h7-11,14-17H,1,12-13,33H2,2-6H3/t16-,17+. The van der Waals surface area contributed by atoms with E-state index >= 15 is 4.39 Å². The van der Waals surface area contributed by atoms with Crippen molar-refractivity contribution in [3.8, 4) is 16.9 Å². The van der Waals surface area contributed by atoms with Gasteiger partial charge in [-0.3, -0.25) is 4.79 Å². The molecule has 0 aliphatic carbocycles. The molecule has 1 amide bonds. The molecular weight excluding hydrogens is 559 g/mol. The number of carbonyl (C=O) groups is 1. The molecule has 4 aromatic rings. The summed E-state index contributed by atoms with van der Waals surface area (Å²) in [6, 6.07) is 5.57. The van der Waals surface area contributed by atoms with Crippen LogP contribution in [0.2, 0.25) is 5.02 Å². The van der Waals surface area contributed by atoms with Gasteiger partial charge in [0.2, 0.25) is 5.91 Å². The normalized spacial score (nSPS) is 17.2. The molecule has 1 aliphatic rings. The van der Waals surface area contributed by atoms with Crippen molar-refractivity contribution in [1.29, 1.82) is 0 Å². The molecule has 1 saturated heterocycles. The van der Waals surface area contributed by atoms with Crippen molar-refractivity contribution in [1.82, 2.24) is 29.4 Å². The van der Waals surface area contributed by atoms with Crippen LogP contribution in [0.25, 0.3) is 28.0 Å². The predicted octanol–water partition coefficient (Wildman–Crippen LogP) is 4.66. The second-order valence-electron chi connectivity index (χ2n) is 10.8. The van der Waals surface area contributed by atoms with Gasteiger partial charge in [-0.2, -0.15) is 4.98 Å². The highest BCUT2D eigenvalue weighted by molar-refractivity contribution is 6.34. The second-order valence-corrected chi connectivity index (χ2v) is 11.3. The number of aromatic nitrogens is 5. The van der Waals surface area contributed by atoms with Gasteiger partial charge in [-0.25, -0.2) is 28.7 Å². The predicted molar refractivity (Wildman–Crippen MR) is 163 cm³/mol. The number of amides is 1. The lowest BCUT2D eigenvalue weighted by Crippen LogP contribution is -2.58. The van der Waals surface area contributed by atoms with Gasteiger partial charge in [0.05, 0.1) is 38.7 Å². The first-order chi connectivity index (χ1) is 19.9. The summed E-state index contributed by atoms with van der Waals surface area (Å²) in [5.74, 6) is -0.464. The van der Waals surface area contributed by atoms with Crippen LogP contribution < -0.4 is 16.3 Å². The molecule has 0 bridgehead atoms. The highest BCUT2D eigenvalue weighted by atomic mass is 35.5. The van der Waals surface area contributed by atoms with Crippen LogP contribution in [0.15, 0.2) is 48.0 Å². The Balaban J connectivity index is 1.83. The Kier molecular flexibility index (Phi) is 7.72. The van der Waals surface area contributed by atoms with E-state index in [0.29, 0.717) is 41.4 Å². The molecule has 0 radical (unpaired) electrons. The zero-order valence-corrected chi connectivity index (χ0v) is 24.9. The average Bonchev–Trinajstić information content (AvgIpc) is 2.92. The van der Waals surface area contributed by atoms with E-state index in [0.717, 1.165) is 0 Å². The van der Waals surface area contributed by atoms with Gasteiger partial charge >= 0.3 is 5.69 Å². The largest absolute Gasteiger partial charge is 0.398 e. The lowest BCUT2D eigenvalue weighted by Gasteiger charge is -2.44. The van der Waals surface area contributed by atoms with E-state index in [1.165, 1.54) is 29.1 Å². The van der Waals surface area contributed by atoms with E-state index in [-0.39, 0.29) is 51.5 Å². The van der Waals surface area contributed by atoms with Crippen LogP contribution in [0.5, 0.6) is 0 Å². The number of halogens is 2. The molecule has 4 heterocycles. The van der Waals surface area contributed by atoms with Crippen LogP contribution in [0.3, 0.4) is 0 Å². The number of anilines is 2. The van der Waals surface area contributed by atoms with E-state index in [1.807, 2.05) is 32.6 Å². The smallest absolute Gasteiger partial charge is 0.355 e. The molecule has 0 unspecified atom stereocenters. The van der Waals surface area contributed by atoms with Crippen molar-refractivity contribution < 1.29 is 9.18 Å². The zero-order chi connectivity index (χ0) is 30.5. The van der Waals surface area contributed by atoms with Gasteiger partial charge in [0.25, 0.3) is 0 Å². The molecule has 0 spiro atoms. The number of hydrogen-bond acceptors (Lipinski definition) is 8. The van der Waals surface area contributed by atoms with E-state index in [2.05, 4.69) is 21.5 Å². The molecule has 1 aliphatic heterocycles. The van der Waals surface area contributed by atoms with Crippen LogP contribution in [0.1, 0.15) is 45.0 Å². The monoisotopic (exact) mass is 590 g/mol. The Morgan fingerprint density at radius 2 is 1.88 bits per heavy atom. The maximum absolute atomic E-state index is 15.1. The Hall–Kier alpha value is -4.38. The fraction of sp³-hybridized carbons (Fsp3) is 0.333. The summed E-state index contributed by atoms with van der Waals surface area (Å²) in [7, 11) is 0. The van der Waals surface area contributed by atoms with Crippen molar-refractivity contribution in [2.45, 2.75) is 52.6 Å². The van der Waals surface area contributed by atoms with Gasteiger partial charge in [0.1, 0.15) is 18.0 Å². The highest BCUT2D eigenvalue weighted by Crippen LogP contribution is 2.38. The zero-order valence-electron chi connectivity index (χ0n) is 24.1. The molecule has 1 fully saturated rings. The summed E-state index contributed by atoms with van der Waals surface area (Å²) >= 11 is 6.78. The van der Waals surface area contributed by atoms with Crippen molar-refractivity contribution in [3.05, 3.63) is 76.0 Å². The number of fused-ring (bicyclic) bond motifs is 1. The molecule has 12 heteroatoms. The fourth-order valence-electron chi connectivity index (χ4n) is 5.73. The van der Waals surface area contributed by atoms with Crippen LogP contribution >= 0.6 is 11.6 Å². The van der Waals surface area contributed by atoms with Crippen molar-refractivity contribution in [2.75, 3.05) is 23.7 Å². The molecule has 3 aromatic heterocycles. The molecule has 42 heavy (non-hydrogen) atoms. The molecule has 218 valence electrons. The maximum Gasteiger partial charge on any atom is 0.355 e. The summed E-state index contributed by atoms with van der Waals surface area (Å²) in [5, 5.41) is 0.610. The lowest BCUT2D eigenvalue weighted by atomic mass is 10.1. The van der Waals surface area contributed by atoms with Gasteiger partial charge in [0, 0.05) is 30.9 Å². The molecule has 5 rings (SSSR count). The van der Waals surface area contributed by atoms with Crippen LogP contribution in [-0.2, 0) is 4.79 Å². The molecule has 1 aromatic carbocycles. The van der Waals surface area contributed by atoms with Crippen LogP contribution in [0.4, 0.5) is 15.9 Å². The van der Waals surface area contributed by atoms with Crippen LogP contribution in [0, 0.1) is 12.7 Å². The third kappa shape index (κ3) is 4.87. The first kappa shape index (κ1) is 29.1. The van der Waals surface area contributed by atoms with Gasteiger partial charge in [-0.1, -0.05) is 38.1 Å². The maximum atomic E-state index is 15.1. The van der Waals surface area contributed by atoms with Crippen molar-refractivity contribution in [2.24, 2.45) is 0 Å². The number of nitrogens with two attached hydrogens (primary N) is 1. The number of benzene rings is 1. The number of rotatable bonds is 5. The van der Waals surface area contributed by atoms with Gasteiger partial charge in [-0.05, 0) is 51.0 Å². The minimum Gasteiger partial charge on any atom is -0.398 e. The number of aryl methyl sites for hydroxylation is 1. The van der Waals surface area contributed by atoms with Gasteiger partial charge in [0.15, 0.2) is 5.65 Å². The van der Waals surface area contributed by atoms with E-state index in [1.54, 1.807) is 24.0 Å². The molecular formula is C30H32ClFN8O2. The fourth-order valence-corrected chi connectivity index (χ4v) is 5.98. The summed E-state index contributed by atoms with van der Waals surface area (Å²) in [5.41, 5.74) is 7.68. The summed E-state index contributed by atoms with van der Waals surface area (Å²) < 4.78 is 16.5. The Bertz CT molecular complexity index is 1760. The van der Waals surface area contributed by atoms with E-state index in [9.17, 15) is 9.59 Å². The van der Waals surface area contributed by atoms with E-state index in [4.69, 9.17) is 22.3 Å². The second kappa shape index (κ2) is 11.1. The number of hydrogen-bond donors (Lipinski definition) is 1. The molecule has 10 nitrogen and oxygen atoms in total. The highest BCUT2D eigenvalue weighted by Gasteiger charge is 2.34. The number of pyridine rings is 1.